The molecule has 3 amide bonds. The van der Waals surface area contributed by atoms with Crippen molar-refractivity contribution in [3.05, 3.63) is 59.1 Å². The highest BCUT2D eigenvalue weighted by Crippen LogP contribution is 2.14. The van der Waals surface area contributed by atoms with Crippen LogP contribution in [0.1, 0.15) is 23.7 Å². The predicted molar refractivity (Wildman–Crippen MR) is 104 cm³/mol. The van der Waals surface area contributed by atoms with Crippen molar-refractivity contribution in [2.45, 2.75) is 13.3 Å². The van der Waals surface area contributed by atoms with Gasteiger partial charge >= 0.3 is 12.0 Å². The molecule has 0 aliphatic carbocycles. The van der Waals surface area contributed by atoms with Gasteiger partial charge in [-0.15, -0.1) is 0 Å². The van der Waals surface area contributed by atoms with Crippen molar-refractivity contribution in [2.24, 2.45) is 0 Å². The standard InChI is InChI=1S/C19H20ClN3O5/c1-2-10-27-18(25)13-6-8-16(9-7-13)28-12-17(24)22-23-19(26)21-15-5-3-4-14(20)11-15/h3-9,11H,2,10,12H2,1H3,(H,22,24)(H2,21,23,26). The van der Waals surface area contributed by atoms with Crippen molar-refractivity contribution in [2.75, 3.05) is 18.5 Å². The first-order chi connectivity index (χ1) is 13.5. The zero-order valence-corrected chi connectivity index (χ0v) is 15.9. The third kappa shape index (κ3) is 7.16. The van der Waals surface area contributed by atoms with E-state index >= 15 is 0 Å². The van der Waals surface area contributed by atoms with E-state index in [9.17, 15) is 14.4 Å². The number of anilines is 1. The Labute approximate surface area is 167 Å². The number of esters is 1. The number of carbonyl (C=O) groups is 3. The van der Waals surface area contributed by atoms with Crippen molar-refractivity contribution in [3.63, 3.8) is 0 Å². The van der Waals surface area contributed by atoms with Gasteiger partial charge in [0, 0.05) is 10.7 Å². The summed E-state index contributed by atoms with van der Waals surface area (Å²) in [7, 11) is 0. The highest BCUT2D eigenvalue weighted by Gasteiger charge is 2.08. The number of amides is 3. The Morgan fingerprint density at radius 1 is 1.04 bits per heavy atom. The molecule has 2 aromatic carbocycles. The van der Waals surface area contributed by atoms with Crippen LogP contribution in [0.4, 0.5) is 10.5 Å². The number of rotatable bonds is 7. The van der Waals surface area contributed by atoms with Crippen LogP contribution in [-0.2, 0) is 9.53 Å². The van der Waals surface area contributed by atoms with Crippen molar-refractivity contribution in [1.82, 2.24) is 10.9 Å². The normalized spacial score (nSPS) is 9.93. The predicted octanol–water partition coefficient (Wildman–Crippen LogP) is 3.14. The van der Waals surface area contributed by atoms with E-state index in [4.69, 9.17) is 21.1 Å². The molecule has 2 aromatic rings. The fourth-order valence-electron chi connectivity index (χ4n) is 2.01. The lowest BCUT2D eigenvalue weighted by Gasteiger charge is -2.10. The van der Waals surface area contributed by atoms with Crippen molar-refractivity contribution >= 4 is 35.2 Å². The van der Waals surface area contributed by atoms with Crippen LogP contribution in [0.5, 0.6) is 5.75 Å². The quantitative estimate of drug-likeness (QED) is 0.484. The molecule has 0 aliphatic heterocycles. The average Bonchev–Trinajstić information content (AvgIpc) is 2.69. The number of nitrogens with one attached hydrogen (secondary N) is 3. The molecule has 0 spiro atoms. The first-order valence-corrected chi connectivity index (χ1v) is 8.87. The second-order valence-corrected chi connectivity index (χ2v) is 6.02. The largest absolute Gasteiger partial charge is 0.484 e. The lowest BCUT2D eigenvalue weighted by Crippen LogP contribution is -2.45. The summed E-state index contributed by atoms with van der Waals surface area (Å²) in [6.07, 6.45) is 0.743. The molecule has 0 heterocycles. The van der Waals surface area contributed by atoms with E-state index in [2.05, 4.69) is 16.2 Å². The summed E-state index contributed by atoms with van der Waals surface area (Å²) < 4.78 is 10.3. The van der Waals surface area contributed by atoms with E-state index in [1.54, 1.807) is 48.5 Å². The molecule has 0 unspecified atom stereocenters. The van der Waals surface area contributed by atoms with E-state index in [0.29, 0.717) is 28.6 Å². The topological polar surface area (TPSA) is 106 Å². The Hall–Kier alpha value is -3.26. The van der Waals surface area contributed by atoms with E-state index in [-0.39, 0.29) is 6.61 Å². The molecule has 0 saturated heterocycles. The van der Waals surface area contributed by atoms with Gasteiger partial charge in [0.2, 0.25) is 0 Å². The molecule has 2 rings (SSSR count). The van der Waals surface area contributed by atoms with Crippen LogP contribution in [0.15, 0.2) is 48.5 Å². The molecule has 0 atom stereocenters. The minimum atomic E-state index is -0.634. The smallest absolute Gasteiger partial charge is 0.338 e. The van der Waals surface area contributed by atoms with Gasteiger partial charge < -0.3 is 14.8 Å². The first kappa shape index (κ1) is 21.0. The van der Waals surface area contributed by atoms with Gasteiger partial charge in [0.15, 0.2) is 6.61 Å². The molecule has 0 aliphatic rings. The lowest BCUT2D eigenvalue weighted by atomic mass is 10.2. The Balaban J connectivity index is 1.71. The molecule has 148 valence electrons. The van der Waals surface area contributed by atoms with Gasteiger partial charge in [0.25, 0.3) is 5.91 Å². The zero-order chi connectivity index (χ0) is 20.4. The van der Waals surface area contributed by atoms with Crippen LogP contribution in [0.3, 0.4) is 0 Å². The molecule has 28 heavy (non-hydrogen) atoms. The van der Waals surface area contributed by atoms with Crippen LogP contribution < -0.4 is 20.9 Å². The Morgan fingerprint density at radius 2 is 1.79 bits per heavy atom. The molecular weight excluding hydrogens is 386 g/mol. The van der Waals surface area contributed by atoms with Crippen LogP contribution >= 0.6 is 11.6 Å². The minimum absolute atomic E-state index is 0.322. The fourth-order valence-corrected chi connectivity index (χ4v) is 2.20. The Bertz CT molecular complexity index is 827. The van der Waals surface area contributed by atoms with E-state index in [1.807, 2.05) is 6.92 Å². The summed E-state index contributed by atoms with van der Waals surface area (Å²) in [4.78, 5) is 35.2. The van der Waals surface area contributed by atoms with Crippen LogP contribution in [0.2, 0.25) is 5.02 Å². The molecule has 9 heteroatoms. The van der Waals surface area contributed by atoms with Crippen molar-refractivity contribution < 1.29 is 23.9 Å². The van der Waals surface area contributed by atoms with Crippen LogP contribution in [0, 0.1) is 0 Å². The number of hydrazine groups is 1. The number of carbonyl (C=O) groups excluding carboxylic acids is 3. The second-order valence-electron chi connectivity index (χ2n) is 5.59. The lowest BCUT2D eigenvalue weighted by molar-refractivity contribution is -0.123. The molecular formula is C19H20ClN3O5. The third-order valence-corrected chi connectivity index (χ3v) is 3.53. The summed E-state index contributed by atoms with van der Waals surface area (Å²) in [5.41, 5.74) is 5.28. The molecule has 0 saturated carbocycles. The maximum Gasteiger partial charge on any atom is 0.338 e. The molecule has 3 N–H and O–H groups in total. The third-order valence-electron chi connectivity index (χ3n) is 3.30. The molecule has 0 radical (unpaired) electrons. The molecule has 0 bridgehead atoms. The number of urea groups is 1. The van der Waals surface area contributed by atoms with Gasteiger partial charge in [-0.3, -0.25) is 10.2 Å². The molecule has 0 fully saturated rings. The number of hydrogen-bond acceptors (Lipinski definition) is 5. The van der Waals surface area contributed by atoms with Gasteiger partial charge in [0.1, 0.15) is 5.75 Å². The summed E-state index contributed by atoms with van der Waals surface area (Å²) in [6, 6.07) is 12.1. The number of halogens is 1. The summed E-state index contributed by atoms with van der Waals surface area (Å²) in [6.45, 7) is 1.94. The van der Waals surface area contributed by atoms with Crippen molar-refractivity contribution in [3.8, 4) is 5.75 Å². The van der Waals surface area contributed by atoms with Gasteiger partial charge in [-0.05, 0) is 48.9 Å². The van der Waals surface area contributed by atoms with Gasteiger partial charge in [-0.2, -0.15) is 0 Å². The zero-order valence-electron chi connectivity index (χ0n) is 15.2. The highest BCUT2D eigenvalue weighted by atomic mass is 35.5. The van der Waals surface area contributed by atoms with Gasteiger partial charge in [-0.25, -0.2) is 15.0 Å². The fraction of sp³-hybridized carbons (Fsp3) is 0.211. The molecule has 8 nitrogen and oxygen atoms in total. The second kappa shape index (κ2) is 10.8. The molecule has 0 aromatic heterocycles. The van der Waals surface area contributed by atoms with Crippen LogP contribution in [0.25, 0.3) is 0 Å². The number of ether oxygens (including phenoxy) is 2. The average molecular weight is 406 g/mol. The van der Waals surface area contributed by atoms with Gasteiger partial charge in [-0.1, -0.05) is 24.6 Å². The summed E-state index contributed by atoms with van der Waals surface area (Å²) >= 11 is 5.82. The Morgan fingerprint density at radius 3 is 2.46 bits per heavy atom. The van der Waals surface area contributed by atoms with E-state index in [1.165, 1.54) is 0 Å². The van der Waals surface area contributed by atoms with E-state index < -0.39 is 17.9 Å². The van der Waals surface area contributed by atoms with Crippen LogP contribution in [-0.4, -0.2) is 31.1 Å². The SMILES string of the molecule is CCCOC(=O)c1ccc(OCC(=O)NNC(=O)Nc2cccc(Cl)c2)cc1. The van der Waals surface area contributed by atoms with Crippen molar-refractivity contribution in [1.29, 1.82) is 0 Å². The maximum absolute atomic E-state index is 11.7. The Kier molecular flexibility index (Phi) is 8.11. The monoisotopic (exact) mass is 405 g/mol. The summed E-state index contributed by atoms with van der Waals surface area (Å²) in [5.74, 6) is -0.584. The highest BCUT2D eigenvalue weighted by molar-refractivity contribution is 6.30. The van der Waals surface area contributed by atoms with Gasteiger partial charge in [0.05, 0.1) is 12.2 Å². The minimum Gasteiger partial charge on any atom is -0.484 e. The number of hydrogen-bond donors (Lipinski definition) is 3. The maximum atomic E-state index is 11.7. The van der Waals surface area contributed by atoms with E-state index in [0.717, 1.165) is 6.42 Å². The first-order valence-electron chi connectivity index (χ1n) is 8.49. The summed E-state index contributed by atoms with van der Waals surface area (Å²) in [5, 5.41) is 2.98. The number of benzene rings is 2.